The van der Waals surface area contributed by atoms with E-state index in [0.29, 0.717) is 12.5 Å². The van der Waals surface area contributed by atoms with Gasteiger partial charge in [-0.15, -0.1) is 0 Å². The Morgan fingerprint density at radius 1 is 1.19 bits per heavy atom. The lowest BCUT2D eigenvalue weighted by Crippen LogP contribution is -2.64. The summed E-state index contributed by atoms with van der Waals surface area (Å²) >= 11 is 0. The van der Waals surface area contributed by atoms with Crippen molar-refractivity contribution in [3.8, 4) is 0 Å². The molecule has 0 radical (unpaired) electrons. The highest BCUT2D eigenvalue weighted by Gasteiger charge is 2.47. The van der Waals surface area contributed by atoms with Gasteiger partial charge in [0.25, 0.3) is 0 Å². The summed E-state index contributed by atoms with van der Waals surface area (Å²) in [5, 5.41) is 3.37. The summed E-state index contributed by atoms with van der Waals surface area (Å²) in [5.74, 6) is 0.676. The van der Waals surface area contributed by atoms with Gasteiger partial charge in [-0.3, -0.25) is 9.69 Å². The predicted octanol–water partition coefficient (Wildman–Crippen LogP) is 0.945. The smallest absolute Gasteiger partial charge is 0.326 e. The van der Waals surface area contributed by atoms with Crippen LogP contribution in [0.5, 0.6) is 0 Å². The Labute approximate surface area is 129 Å². The number of rotatable bonds is 5. The summed E-state index contributed by atoms with van der Waals surface area (Å²) in [6, 6.07) is 0. The van der Waals surface area contributed by atoms with E-state index in [1.807, 2.05) is 6.92 Å². The molecule has 0 unspecified atom stereocenters. The standard InChI is InChI=1S/C16H31N3O2/c1-4-21-15(20)16(19-11-7-17-8-12-19)5-9-18(10-6-16)13-14(2)3/h14,17H,4-13H2,1-3H3. The van der Waals surface area contributed by atoms with Gasteiger partial charge in [-0.2, -0.15) is 0 Å². The van der Waals surface area contributed by atoms with Gasteiger partial charge in [0.2, 0.25) is 0 Å². The second kappa shape index (κ2) is 7.56. The SMILES string of the molecule is CCOC(=O)C1(N2CCNCC2)CCN(CC(C)C)CC1. The zero-order chi connectivity index (χ0) is 15.3. The Morgan fingerprint density at radius 3 is 2.33 bits per heavy atom. The molecule has 122 valence electrons. The molecule has 2 aliphatic heterocycles. The first kappa shape index (κ1) is 16.7. The zero-order valence-electron chi connectivity index (χ0n) is 13.9. The molecule has 2 fully saturated rings. The van der Waals surface area contributed by atoms with Gasteiger partial charge in [0.15, 0.2) is 0 Å². The van der Waals surface area contributed by atoms with Crippen LogP contribution >= 0.6 is 0 Å². The van der Waals surface area contributed by atoms with E-state index in [4.69, 9.17) is 4.74 Å². The Hall–Kier alpha value is -0.650. The van der Waals surface area contributed by atoms with Gasteiger partial charge >= 0.3 is 5.97 Å². The van der Waals surface area contributed by atoms with Gasteiger partial charge in [-0.1, -0.05) is 13.8 Å². The van der Waals surface area contributed by atoms with Crippen LogP contribution in [-0.2, 0) is 9.53 Å². The van der Waals surface area contributed by atoms with E-state index in [1.165, 1.54) is 0 Å². The number of nitrogens with zero attached hydrogens (tertiary/aromatic N) is 2. The quantitative estimate of drug-likeness (QED) is 0.765. The van der Waals surface area contributed by atoms with E-state index >= 15 is 0 Å². The van der Waals surface area contributed by atoms with Crippen LogP contribution < -0.4 is 5.32 Å². The number of piperidine rings is 1. The van der Waals surface area contributed by atoms with E-state index < -0.39 is 0 Å². The third kappa shape index (κ3) is 3.96. The van der Waals surface area contributed by atoms with Gasteiger partial charge in [-0.25, -0.2) is 0 Å². The highest BCUT2D eigenvalue weighted by molar-refractivity contribution is 5.81. The zero-order valence-corrected chi connectivity index (χ0v) is 13.9. The number of hydrogen-bond acceptors (Lipinski definition) is 5. The minimum atomic E-state index is -0.383. The van der Waals surface area contributed by atoms with Crippen LogP contribution in [0, 0.1) is 5.92 Å². The molecular weight excluding hydrogens is 266 g/mol. The molecule has 2 saturated heterocycles. The Kier molecular flexibility index (Phi) is 6.02. The molecule has 0 aliphatic carbocycles. The van der Waals surface area contributed by atoms with E-state index in [9.17, 15) is 4.79 Å². The molecule has 0 aromatic heterocycles. The summed E-state index contributed by atoms with van der Waals surface area (Å²) < 4.78 is 5.43. The molecule has 0 atom stereocenters. The van der Waals surface area contributed by atoms with Gasteiger partial charge in [0.05, 0.1) is 6.61 Å². The number of hydrogen-bond donors (Lipinski definition) is 1. The molecule has 21 heavy (non-hydrogen) atoms. The fourth-order valence-electron chi connectivity index (χ4n) is 3.63. The van der Waals surface area contributed by atoms with Crippen molar-refractivity contribution in [1.82, 2.24) is 15.1 Å². The van der Waals surface area contributed by atoms with Crippen molar-refractivity contribution in [3.63, 3.8) is 0 Å². The Bertz CT molecular complexity index is 332. The minimum Gasteiger partial charge on any atom is -0.465 e. The summed E-state index contributed by atoms with van der Waals surface area (Å²) in [7, 11) is 0. The lowest BCUT2D eigenvalue weighted by molar-refractivity contribution is -0.162. The molecule has 0 spiro atoms. The molecule has 0 amide bonds. The minimum absolute atomic E-state index is 0.00361. The fourth-order valence-corrected chi connectivity index (χ4v) is 3.63. The fraction of sp³-hybridized carbons (Fsp3) is 0.938. The van der Waals surface area contributed by atoms with E-state index in [-0.39, 0.29) is 11.5 Å². The van der Waals surface area contributed by atoms with Crippen LogP contribution in [0.2, 0.25) is 0 Å². The second-order valence-electron chi connectivity index (χ2n) is 6.68. The lowest BCUT2D eigenvalue weighted by Gasteiger charge is -2.48. The molecule has 2 rings (SSSR count). The van der Waals surface area contributed by atoms with Gasteiger partial charge in [0, 0.05) is 45.8 Å². The molecule has 1 N–H and O–H groups in total. The van der Waals surface area contributed by atoms with Crippen molar-refractivity contribution in [1.29, 1.82) is 0 Å². The monoisotopic (exact) mass is 297 g/mol. The maximum absolute atomic E-state index is 12.6. The number of ether oxygens (including phenoxy) is 1. The molecule has 2 aliphatic rings. The first-order chi connectivity index (χ1) is 10.1. The van der Waals surface area contributed by atoms with Crippen LogP contribution in [0.1, 0.15) is 33.6 Å². The van der Waals surface area contributed by atoms with Gasteiger partial charge < -0.3 is 15.0 Å². The summed E-state index contributed by atoms with van der Waals surface area (Å²) in [6.07, 6.45) is 1.80. The largest absolute Gasteiger partial charge is 0.465 e. The molecule has 0 aromatic rings. The molecule has 5 heteroatoms. The average molecular weight is 297 g/mol. The van der Waals surface area contributed by atoms with E-state index in [1.54, 1.807) is 0 Å². The van der Waals surface area contributed by atoms with E-state index in [2.05, 4.69) is 29.0 Å². The maximum Gasteiger partial charge on any atom is 0.326 e. The number of nitrogens with one attached hydrogen (secondary N) is 1. The summed E-state index contributed by atoms with van der Waals surface area (Å²) in [5.41, 5.74) is -0.383. The molecule has 0 bridgehead atoms. The van der Waals surface area contributed by atoms with E-state index in [0.717, 1.165) is 58.7 Å². The number of carbonyl (C=O) groups is 1. The average Bonchev–Trinajstić information content (AvgIpc) is 2.49. The highest BCUT2D eigenvalue weighted by Crippen LogP contribution is 2.31. The van der Waals surface area contributed by atoms with Crippen LogP contribution in [0.4, 0.5) is 0 Å². The first-order valence-corrected chi connectivity index (χ1v) is 8.44. The first-order valence-electron chi connectivity index (χ1n) is 8.44. The van der Waals surface area contributed by atoms with Crippen molar-refractivity contribution in [3.05, 3.63) is 0 Å². The Morgan fingerprint density at radius 2 is 1.81 bits per heavy atom. The maximum atomic E-state index is 12.6. The van der Waals surface area contributed by atoms with Crippen molar-refractivity contribution in [2.45, 2.75) is 39.2 Å². The topological polar surface area (TPSA) is 44.8 Å². The second-order valence-corrected chi connectivity index (χ2v) is 6.68. The Balaban J connectivity index is 2.05. The molecular formula is C16H31N3O2. The molecule has 2 heterocycles. The van der Waals surface area contributed by atoms with Crippen molar-refractivity contribution >= 4 is 5.97 Å². The highest BCUT2D eigenvalue weighted by atomic mass is 16.5. The summed E-state index contributed by atoms with van der Waals surface area (Å²) in [6.45, 7) is 13.8. The van der Waals surface area contributed by atoms with Crippen LogP contribution in [0.15, 0.2) is 0 Å². The summed E-state index contributed by atoms with van der Waals surface area (Å²) in [4.78, 5) is 17.5. The number of piperazine rings is 1. The van der Waals surface area contributed by atoms with Crippen LogP contribution in [0.3, 0.4) is 0 Å². The molecule has 0 aromatic carbocycles. The number of esters is 1. The van der Waals surface area contributed by atoms with Crippen molar-refractivity contribution in [2.75, 3.05) is 52.4 Å². The molecule has 5 nitrogen and oxygen atoms in total. The van der Waals surface area contributed by atoms with Crippen LogP contribution in [-0.4, -0.2) is 73.7 Å². The molecule has 0 saturated carbocycles. The van der Waals surface area contributed by atoms with Gasteiger partial charge in [0.1, 0.15) is 5.54 Å². The number of carbonyl (C=O) groups excluding carboxylic acids is 1. The van der Waals surface area contributed by atoms with Crippen molar-refractivity contribution < 1.29 is 9.53 Å². The third-order valence-corrected chi connectivity index (χ3v) is 4.68. The van der Waals surface area contributed by atoms with Crippen molar-refractivity contribution in [2.24, 2.45) is 5.92 Å². The third-order valence-electron chi connectivity index (χ3n) is 4.68. The predicted molar refractivity (Wildman–Crippen MR) is 84.3 cm³/mol. The van der Waals surface area contributed by atoms with Crippen LogP contribution in [0.25, 0.3) is 0 Å². The normalized spacial score (nSPS) is 24.2. The van der Waals surface area contributed by atoms with Gasteiger partial charge in [-0.05, 0) is 25.7 Å². The number of likely N-dealkylation sites (tertiary alicyclic amines) is 1. The lowest BCUT2D eigenvalue weighted by atomic mass is 9.84.